The summed E-state index contributed by atoms with van der Waals surface area (Å²) in [5.74, 6) is -1.21. The average molecular weight is 267 g/mol. The fourth-order valence-corrected chi connectivity index (χ4v) is 2.19. The molecule has 5 heteroatoms. The predicted octanol–water partition coefficient (Wildman–Crippen LogP) is 1.88. The van der Waals surface area contributed by atoms with E-state index in [1.165, 1.54) is 19.2 Å². The zero-order chi connectivity index (χ0) is 13.8. The third-order valence-corrected chi connectivity index (χ3v) is 3.38. The molecule has 4 nitrogen and oxygen atoms in total. The number of benzene rings is 1. The maximum atomic E-state index is 13.7. The molecule has 104 valence electrons. The highest BCUT2D eigenvalue weighted by Gasteiger charge is 2.23. The Morgan fingerprint density at radius 3 is 2.95 bits per heavy atom. The number of ether oxygens (including phenoxy) is 2. The van der Waals surface area contributed by atoms with Crippen molar-refractivity contribution in [1.29, 1.82) is 0 Å². The first kappa shape index (κ1) is 14.0. The summed E-state index contributed by atoms with van der Waals surface area (Å²) < 4.78 is 23.7. The van der Waals surface area contributed by atoms with E-state index in [-0.39, 0.29) is 11.7 Å². The summed E-state index contributed by atoms with van der Waals surface area (Å²) in [4.78, 5) is 11.3. The number of carbonyl (C=O) groups excluding carboxylic acids is 1. The lowest BCUT2D eigenvalue weighted by atomic mass is 10.1. The van der Waals surface area contributed by atoms with Gasteiger partial charge >= 0.3 is 5.97 Å². The van der Waals surface area contributed by atoms with Crippen LogP contribution < -0.4 is 5.32 Å². The van der Waals surface area contributed by atoms with Gasteiger partial charge in [-0.1, -0.05) is 6.07 Å². The zero-order valence-electron chi connectivity index (χ0n) is 11.1. The van der Waals surface area contributed by atoms with Crippen LogP contribution in [-0.2, 0) is 16.0 Å². The van der Waals surface area contributed by atoms with Gasteiger partial charge in [0.05, 0.1) is 18.8 Å². The van der Waals surface area contributed by atoms with Gasteiger partial charge in [-0.05, 0) is 31.0 Å². The van der Waals surface area contributed by atoms with Gasteiger partial charge in [-0.25, -0.2) is 9.18 Å². The van der Waals surface area contributed by atoms with Gasteiger partial charge in [0.2, 0.25) is 0 Å². The zero-order valence-corrected chi connectivity index (χ0v) is 11.1. The second-order valence-corrected chi connectivity index (χ2v) is 4.66. The van der Waals surface area contributed by atoms with Gasteiger partial charge in [-0.3, -0.25) is 0 Å². The second-order valence-electron chi connectivity index (χ2n) is 4.66. The number of carbonyl (C=O) groups is 1. The molecule has 1 aliphatic rings. The molecule has 0 aromatic heterocycles. The molecule has 0 bridgehead atoms. The molecule has 1 heterocycles. The second kappa shape index (κ2) is 6.12. The van der Waals surface area contributed by atoms with Crippen LogP contribution in [0.4, 0.5) is 4.39 Å². The van der Waals surface area contributed by atoms with Crippen molar-refractivity contribution in [3.8, 4) is 0 Å². The molecule has 19 heavy (non-hydrogen) atoms. The maximum Gasteiger partial charge on any atom is 0.340 e. The van der Waals surface area contributed by atoms with Crippen molar-refractivity contribution in [2.45, 2.75) is 32.0 Å². The van der Waals surface area contributed by atoms with E-state index in [9.17, 15) is 9.18 Å². The standard InChI is InChI=1S/C14H18FNO3/c1-9-13(5-6-19-9)16-8-10-3-4-11(12(15)7-10)14(17)18-2/h3-4,7,9,13,16H,5-6,8H2,1-2H3. The van der Waals surface area contributed by atoms with Gasteiger partial charge in [0.25, 0.3) is 0 Å². The van der Waals surface area contributed by atoms with E-state index in [2.05, 4.69) is 10.1 Å². The molecule has 0 radical (unpaired) electrons. The normalized spacial score (nSPS) is 22.5. The van der Waals surface area contributed by atoms with Gasteiger partial charge in [0.1, 0.15) is 5.82 Å². The molecular formula is C14H18FNO3. The highest BCUT2D eigenvalue weighted by atomic mass is 19.1. The molecule has 2 atom stereocenters. The number of nitrogens with one attached hydrogen (secondary N) is 1. The van der Waals surface area contributed by atoms with Crippen LogP contribution in [0.5, 0.6) is 0 Å². The number of esters is 1. The summed E-state index contributed by atoms with van der Waals surface area (Å²) >= 11 is 0. The third kappa shape index (κ3) is 3.30. The fourth-order valence-electron chi connectivity index (χ4n) is 2.19. The van der Waals surface area contributed by atoms with Gasteiger partial charge in [0, 0.05) is 19.2 Å². The largest absolute Gasteiger partial charge is 0.465 e. The van der Waals surface area contributed by atoms with E-state index < -0.39 is 11.8 Å². The Hall–Kier alpha value is -1.46. The molecule has 0 amide bonds. The summed E-state index contributed by atoms with van der Waals surface area (Å²) in [7, 11) is 1.23. The smallest absolute Gasteiger partial charge is 0.340 e. The summed E-state index contributed by atoms with van der Waals surface area (Å²) in [6, 6.07) is 4.83. The SMILES string of the molecule is COC(=O)c1ccc(CNC2CCOC2C)cc1F. The maximum absolute atomic E-state index is 13.7. The Bertz CT molecular complexity index is 464. The van der Waals surface area contributed by atoms with Crippen molar-refractivity contribution in [2.75, 3.05) is 13.7 Å². The summed E-state index contributed by atoms with van der Waals surface area (Å²) in [6.45, 7) is 3.33. The number of rotatable bonds is 4. The van der Waals surface area contributed by atoms with Crippen LogP contribution in [0.3, 0.4) is 0 Å². The molecule has 1 fully saturated rings. The number of methoxy groups -OCH3 is 1. The minimum atomic E-state index is -0.658. The van der Waals surface area contributed by atoms with Crippen molar-refractivity contribution >= 4 is 5.97 Å². The molecular weight excluding hydrogens is 249 g/mol. The van der Waals surface area contributed by atoms with Crippen molar-refractivity contribution < 1.29 is 18.7 Å². The van der Waals surface area contributed by atoms with E-state index in [4.69, 9.17) is 4.74 Å². The highest BCUT2D eigenvalue weighted by molar-refractivity contribution is 5.89. The van der Waals surface area contributed by atoms with E-state index in [1.807, 2.05) is 6.92 Å². The van der Waals surface area contributed by atoms with Crippen LogP contribution in [-0.4, -0.2) is 31.8 Å². The Balaban J connectivity index is 1.98. The van der Waals surface area contributed by atoms with Crippen molar-refractivity contribution in [3.63, 3.8) is 0 Å². The van der Waals surface area contributed by atoms with Crippen LogP contribution >= 0.6 is 0 Å². The van der Waals surface area contributed by atoms with Crippen LogP contribution in [0.25, 0.3) is 0 Å². The molecule has 0 saturated carbocycles. The lowest BCUT2D eigenvalue weighted by Crippen LogP contribution is -2.34. The Morgan fingerprint density at radius 1 is 1.58 bits per heavy atom. The summed E-state index contributed by atoms with van der Waals surface area (Å²) in [6.07, 6.45) is 1.14. The first-order valence-corrected chi connectivity index (χ1v) is 6.33. The molecule has 1 aromatic rings. The lowest BCUT2D eigenvalue weighted by molar-refractivity contribution is 0.0595. The molecule has 0 aliphatic carbocycles. The summed E-state index contributed by atoms with van der Waals surface area (Å²) in [5.41, 5.74) is 0.757. The van der Waals surface area contributed by atoms with Crippen LogP contribution in [0.15, 0.2) is 18.2 Å². The van der Waals surface area contributed by atoms with Gasteiger partial charge in [-0.2, -0.15) is 0 Å². The Kier molecular flexibility index (Phi) is 4.50. The van der Waals surface area contributed by atoms with Gasteiger partial charge < -0.3 is 14.8 Å². The first-order chi connectivity index (χ1) is 9.11. The quantitative estimate of drug-likeness (QED) is 0.846. The molecule has 1 aliphatic heterocycles. The third-order valence-electron chi connectivity index (χ3n) is 3.38. The average Bonchev–Trinajstić information content (AvgIpc) is 2.81. The van der Waals surface area contributed by atoms with E-state index in [1.54, 1.807) is 6.07 Å². The van der Waals surface area contributed by atoms with Crippen molar-refractivity contribution in [2.24, 2.45) is 0 Å². The van der Waals surface area contributed by atoms with Crippen LogP contribution in [0.1, 0.15) is 29.3 Å². The Labute approximate surface area is 111 Å². The van der Waals surface area contributed by atoms with Crippen LogP contribution in [0.2, 0.25) is 0 Å². The molecule has 1 saturated heterocycles. The Morgan fingerprint density at radius 2 is 2.37 bits per heavy atom. The van der Waals surface area contributed by atoms with Gasteiger partial charge in [0.15, 0.2) is 0 Å². The molecule has 2 unspecified atom stereocenters. The highest BCUT2D eigenvalue weighted by Crippen LogP contribution is 2.15. The van der Waals surface area contributed by atoms with Crippen LogP contribution in [0, 0.1) is 5.82 Å². The number of halogens is 1. The number of hydrogen-bond donors (Lipinski definition) is 1. The molecule has 2 rings (SSSR count). The van der Waals surface area contributed by atoms with Crippen molar-refractivity contribution in [1.82, 2.24) is 5.32 Å². The minimum absolute atomic E-state index is 0.0381. The van der Waals surface area contributed by atoms with E-state index in [0.717, 1.165) is 18.6 Å². The fraction of sp³-hybridized carbons (Fsp3) is 0.500. The number of hydrogen-bond acceptors (Lipinski definition) is 4. The predicted molar refractivity (Wildman–Crippen MR) is 68.4 cm³/mol. The first-order valence-electron chi connectivity index (χ1n) is 6.33. The molecule has 0 spiro atoms. The monoisotopic (exact) mass is 267 g/mol. The molecule has 1 aromatic carbocycles. The van der Waals surface area contributed by atoms with E-state index in [0.29, 0.717) is 12.6 Å². The lowest BCUT2D eigenvalue weighted by Gasteiger charge is -2.16. The topological polar surface area (TPSA) is 47.6 Å². The minimum Gasteiger partial charge on any atom is -0.465 e. The van der Waals surface area contributed by atoms with Gasteiger partial charge in [-0.15, -0.1) is 0 Å². The molecule has 1 N–H and O–H groups in total. The van der Waals surface area contributed by atoms with Crippen molar-refractivity contribution in [3.05, 3.63) is 35.1 Å². The van der Waals surface area contributed by atoms with E-state index >= 15 is 0 Å². The summed E-state index contributed by atoms with van der Waals surface area (Å²) in [5, 5.41) is 3.33.